The van der Waals surface area contributed by atoms with E-state index < -0.39 is 29.0 Å². The second kappa shape index (κ2) is 8.83. The van der Waals surface area contributed by atoms with Gasteiger partial charge in [-0.25, -0.2) is 4.39 Å². The Hall–Kier alpha value is -2.94. The van der Waals surface area contributed by atoms with Crippen LogP contribution in [0.3, 0.4) is 0 Å². The number of carbonyl (C=O) groups excluding carboxylic acids is 2. The fourth-order valence-corrected chi connectivity index (χ4v) is 3.39. The lowest BCUT2D eigenvalue weighted by Gasteiger charge is -2.37. The highest BCUT2D eigenvalue weighted by molar-refractivity contribution is 6.39. The zero-order chi connectivity index (χ0) is 21.8. The van der Waals surface area contributed by atoms with Crippen LogP contribution in [-0.4, -0.2) is 31.6 Å². The van der Waals surface area contributed by atoms with Gasteiger partial charge < -0.3 is 15.4 Å². The second-order valence-corrected chi connectivity index (χ2v) is 7.11. The third-order valence-electron chi connectivity index (χ3n) is 5.17. The Balaban J connectivity index is 1.63. The number of alkyl halides is 3. The van der Waals surface area contributed by atoms with Gasteiger partial charge in [0, 0.05) is 30.9 Å². The Morgan fingerprint density at radius 3 is 2.10 bits per heavy atom. The standard InChI is InChI=1S/C21H20F4N2O3/c22-16-5-1-14(2-6-16)20(9-11-30-12-10-20)13-26-18(28)19(29)27-17-7-3-15(4-8-17)21(23,24)25/h1-8H,9-13H2,(H,26,28)(H,27,29). The quantitative estimate of drug-likeness (QED) is 0.582. The first-order valence-electron chi connectivity index (χ1n) is 9.30. The number of ether oxygens (including phenoxy) is 1. The maximum absolute atomic E-state index is 13.3. The van der Waals surface area contributed by atoms with Gasteiger partial charge in [-0.1, -0.05) is 12.1 Å². The molecule has 3 rings (SSSR count). The number of hydrogen-bond donors (Lipinski definition) is 2. The highest BCUT2D eigenvalue weighted by Crippen LogP contribution is 2.34. The number of rotatable bonds is 4. The molecule has 5 nitrogen and oxygen atoms in total. The summed E-state index contributed by atoms with van der Waals surface area (Å²) in [4.78, 5) is 24.4. The van der Waals surface area contributed by atoms with Crippen molar-refractivity contribution in [2.45, 2.75) is 24.4 Å². The van der Waals surface area contributed by atoms with Crippen molar-refractivity contribution in [2.24, 2.45) is 0 Å². The highest BCUT2D eigenvalue weighted by Gasteiger charge is 2.35. The summed E-state index contributed by atoms with van der Waals surface area (Å²) >= 11 is 0. The van der Waals surface area contributed by atoms with Gasteiger partial charge >= 0.3 is 18.0 Å². The van der Waals surface area contributed by atoms with E-state index in [1.807, 2.05) is 0 Å². The van der Waals surface area contributed by atoms with Crippen molar-refractivity contribution in [1.82, 2.24) is 5.32 Å². The van der Waals surface area contributed by atoms with Crippen molar-refractivity contribution >= 4 is 17.5 Å². The van der Waals surface area contributed by atoms with E-state index in [0.717, 1.165) is 29.8 Å². The third kappa shape index (κ3) is 5.15. The molecule has 2 aromatic rings. The van der Waals surface area contributed by atoms with E-state index in [0.29, 0.717) is 26.1 Å². The lowest BCUT2D eigenvalue weighted by atomic mass is 9.74. The summed E-state index contributed by atoms with van der Waals surface area (Å²) in [6, 6.07) is 9.76. The first-order valence-corrected chi connectivity index (χ1v) is 9.30. The van der Waals surface area contributed by atoms with Gasteiger partial charge in [-0.15, -0.1) is 0 Å². The van der Waals surface area contributed by atoms with Crippen molar-refractivity contribution in [1.29, 1.82) is 0 Å². The average Bonchev–Trinajstić information content (AvgIpc) is 2.73. The molecule has 0 aliphatic carbocycles. The lowest BCUT2D eigenvalue weighted by Crippen LogP contribution is -2.47. The highest BCUT2D eigenvalue weighted by atomic mass is 19.4. The zero-order valence-corrected chi connectivity index (χ0v) is 15.9. The molecule has 0 spiro atoms. The van der Waals surface area contributed by atoms with E-state index in [1.54, 1.807) is 12.1 Å². The van der Waals surface area contributed by atoms with Crippen LogP contribution in [0.25, 0.3) is 0 Å². The van der Waals surface area contributed by atoms with Gasteiger partial charge in [0.15, 0.2) is 0 Å². The molecular formula is C21H20F4N2O3. The van der Waals surface area contributed by atoms with E-state index in [1.165, 1.54) is 12.1 Å². The summed E-state index contributed by atoms with van der Waals surface area (Å²) in [7, 11) is 0. The van der Waals surface area contributed by atoms with Gasteiger partial charge in [0.05, 0.1) is 5.56 Å². The first-order chi connectivity index (χ1) is 14.2. The van der Waals surface area contributed by atoms with Gasteiger partial charge in [-0.3, -0.25) is 9.59 Å². The molecule has 9 heteroatoms. The number of benzene rings is 2. The SMILES string of the molecule is O=C(NCC1(c2ccc(F)cc2)CCOCC1)C(=O)Nc1ccc(C(F)(F)F)cc1. The van der Waals surface area contributed by atoms with Crippen molar-refractivity contribution in [2.75, 3.05) is 25.1 Å². The van der Waals surface area contributed by atoms with Crippen LogP contribution in [0.15, 0.2) is 48.5 Å². The number of halogens is 4. The van der Waals surface area contributed by atoms with E-state index in [-0.39, 0.29) is 18.0 Å². The monoisotopic (exact) mass is 424 g/mol. The lowest BCUT2D eigenvalue weighted by molar-refractivity contribution is -0.137. The minimum Gasteiger partial charge on any atom is -0.381 e. The Labute approximate surface area is 170 Å². The topological polar surface area (TPSA) is 67.4 Å². The molecular weight excluding hydrogens is 404 g/mol. The number of carbonyl (C=O) groups is 2. The molecule has 2 N–H and O–H groups in total. The van der Waals surface area contributed by atoms with Gasteiger partial charge in [0.1, 0.15) is 5.82 Å². The molecule has 0 unspecified atom stereocenters. The van der Waals surface area contributed by atoms with E-state index in [4.69, 9.17) is 4.74 Å². The predicted octanol–water partition coefficient (Wildman–Crippen LogP) is 3.65. The Morgan fingerprint density at radius 2 is 1.53 bits per heavy atom. The molecule has 1 aliphatic rings. The molecule has 1 fully saturated rings. The van der Waals surface area contributed by atoms with Gasteiger partial charge in [-0.2, -0.15) is 13.2 Å². The summed E-state index contributed by atoms with van der Waals surface area (Å²) in [6.45, 7) is 1.07. The van der Waals surface area contributed by atoms with Crippen molar-refractivity contribution in [3.8, 4) is 0 Å². The Kier molecular flexibility index (Phi) is 6.40. The van der Waals surface area contributed by atoms with Crippen LogP contribution in [0, 0.1) is 5.82 Å². The minimum absolute atomic E-state index is 0.0717. The fraction of sp³-hybridized carbons (Fsp3) is 0.333. The second-order valence-electron chi connectivity index (χ2n) is 7.11. The maximum Gasteiger partial charge on any atom is 0.416 e. The summed E-state index contributed by atoms with van der Waals surface area (Å²) in [5, 5.41) is 4.86. The van der Waals surface area contributed by atoms with Crippen LogP contribution < -0.4 is 10.6 Å². The Bertz CT molecular complexity index is 890. The van der Waals surface area contributed by atoms with Gasteiger partial charge in [0.25, 0.3) is 0 Å². The van der Waals surface area contributed by atoms with Crippen LogP contribution >= 0.6 is 0 Å². The van der Waals surface area contributed by atoms with Crippen molar-refractivity contribution in [3.63, 3.8) is 0 Å². The summed E-state index contributed by atoms with van der Waals surface area (Å²) in [5.41, 5.74) is -0.459. The van der Waals surface area contributed by atoms with Crippen LogP contribution in [0.5, 0.6) is 0 Å². The maximum atomic E-state index is 13.3. The number of hydrogen-bond acceptors (Lipinski definition) is 3. The zero-order valence-electron chi connectivity index (χ0n) is 15.9. The molecule has 2 amide bonds. The molecule has 0 radical (unpaired) electrons. The summed E-state index contributed by atoms with van der Waals surface area (Å²) in [5.74, 6) is -2.28. The molecule has 0 bridgehead atoms. The predicted molar refractivity (Wildman–Crippen MR) is 101 cm³/mol. The summed E-state index contributed by atoms with van der Waals surface area (Å²) in [6.07, 6.45) is -3.32. The third-order valence-corrected chi connectivity index (χ3v) is 5.17. The van der Waals surface area contributed by atoms with E-state index >= 15 is 0 Å². The minimum atomic E-state index is -4.49. The van der Waals surface area contributed by atoms with E-state index in [2.05, 4.69) is 10.6 Å². The van der Waals surface area contributed by atoms with Crippen LogP contribution in [0.1, 0.15) is 24.0 Å². The molecule has 1 heterocycles. The molecule has 1 aliphatic heterocycles. The normalized spacial score (nSPS) is 16.0. The number of nitrogens with one attached hydrogen (secondary N) is 2. The molecule has 0 atom stereocenters. The fourth-order valence-electron chi connectivity index (χ4n) is 3.39. The molecule has 0 aromatic heterocycles. The van der Waals surface area contributed by atoms with Crippen LogP contribution in [-0.2, 0) is 25.9 Å². The summed E-state index contributed by atoms with van der Waals surface area (Å²) < 4.78 is 56.5. The van der Waals surface area contributed by atoms with Crippen LogP contribution in [0.2, 0.25) is 0 Å². The average molecular weight is 424 g/mol. The van der Waals surface area contributed by atoms with Crippen molar-refractivity contribution < 1.29 is 31.9 Å². The molecule has 0 saturated carbocycles. The smallest absolute Gasteiger partial charge is 0.381 e. The molecule has 160 valence electrons. The van der Waals surface area contributed by atoms with Gasteiger partial charge in [0.2, 0.25) is 0 Å². The molecule has 2 aromatic carbocycles. The van der Waals surface area contributed by atoms with Crippen molar-refractivity contribution in [3.05, 3.63) is 65.5 Å². The Morgan fingerprint density at radius 1 is 0.933 bits per heavy atom. The number of anilines is 1. The van der Waals surface area contributed by atoms with E-state index in [9.17, 15) is 27.2 Å². The molecule has 1 saturated heterocycles. The van der Waals surface area contributed by atoms with Gasteiger partial charge in [-0.05, 0) is 54.8 Å². The van der Waals surface area contributed by atoms with Crippen LogP contribution in [0.4, 0.5) is 23.2 Å². The first kappa shape index (κ1) is 21.8. The molecule has 30 heavy (non-hydrogen) atoms. The number of amides is 2. The largest absolute Gasteiger partial charge is 0.416 e.